The maximum Gasteiger partial charge on any atom is 0.227 e. The third-order valence-electron chi connectivity index (χ3n) is 5.16. The number of rotatable bonds is 4. The summed E-state index contributed by atoms with van der Waals surface area (Å²) in [5, 5.41) is 3.18. The molecule has 5 nitrogen and oxygen atoms in total. The van der Waals surface area contributed by atoms with Crippen LogP contribution in [-0.2, 0) is 4.79 Å². The molecule has 20 heavy (non-hydrogen) atoms. The quantitative estimate of drug-likeness (QED) is 0.776. The lowest BCUT2D eigenvalue weighted by Crippen LogP contribution is -2.56. The molecule has 0 radical (unpaired) electrons. The number of nitrogens with zero attached hydrogens (tertiary/aromatic N) is 2. The van der Waals surface area contributed by atoms with E-state index in [1.807, 2.05) is 0 Å². The van der Waals surface area contributed by atoms with Crippen molar-refractivity contribution in [3.05, 3.63) is 0 Å². The minimum atomic E-state index is -0.294. The summed E-state index contributed by atoms with van der Waals surface area (Å²) in [5.41, 5.74) is 5.62. The van der Waals surface area contributed by atoms with Gasteiger partial charge in [0.2, 0.25) is 5.91 Å². The maximum atomic E-state index is 12.6. The number of hydrogen-bond acceptors (Lipinski definition) is 4. The Kier molecular flexibility index (Phi) is 5.41. The van der Waals surface area contributed by atoms with E-state index < -0.39 is 0 Å². The van der Waals surface area contributed by atoms with Crippen LogP contribution in [0.2, 0.25) is 0 Å². The van der Waals surface area contributed by atoms with Crippen LogP contribution in [0.3, 0.4) is 0 Å². The second kappa shape index (κ2) is 6.87. The predicted molar refractivity (Wildman–Crippen MR) is 81.5 cm³/mol. The van der Waals surface area contributed by atoms with E-state index in [0.29, 0.717) is 12.6 Å². The van der Waals surface area contributed by atoms with Gasteiger partial charge in [0.05, 0.1) is 5.41 Å². The number of amides is 1. The van der Waals surface area contributed by atoms with Gasteiger partial charge < -0.3 is 16.0 Å². The molecule has 1 amide bonds. The zero-order valence-corrected chi connectivity index (χ0v) is 13.0. The van der Waals surface area contributed by atoms with Gasteiger partial charge in [0.1, 0.15) is 0 Å². The summed E-state index contributed by atoms with van der Waals surface area (Å²) in [4.78, 5) is 17.2. The first-order chi connectivity index (χ1) is 9.57. The SMILES string of the molecule is CN1CCN(C)C(CNC(=O)C2(CN)CCCCC2)C1. The lowest BCUT2D eigenvalue weighted by atomic mass is 9.73. The monoisotopic (exact) mass is 282 g/mol. The van der Waals surface area contributed by atoms with E-state index in [1.54, 1.807) is 0 Å². The number of piperazine rings is 1. The van der Waals surface area contributed by atoms with Crippen molar-refractivity contribution in [3.8, 4) is 0 Å². The molecular weight excluding hydrogens is 252 g/mol. The number of likely N-dealkylation sites (N-methyl/N-ethyl adjacent to an activating group) is 2. The first-order valence-electron chi connectivity index (χ1n) is 7.94. The summed E-state index contributed by atoms with van der Waals surface area (Å²) in [6.45, 7) is 4.42. The fourth-order valence-corrected chi connectivity index (χ4v) is 3.47. The molecule has 1 heterocycles. The van der Waals surface area contributed by atoms with Crippen molar-refractivity contribution in [3.63, 3.8) is 0 Å². The summed E-state index contributed by atoms with van der Waals surface area (Å²) < 4.78 is 0. The highest BCUT2D eigenvalue weighted by atomic mass is 16.2. The Hall–Kier alpha value is -0.650. The molecule has 1 saturated carbocycles. The highest BCUT2D eigenvalue weighted by Crippen LogP contribution is 2.35. The third kappa shape index (κ3) is 3.51. The highest BCUT2D eigenvalue weighted by Gasteiger charge is 2.38. The van der Waals surface area contributed by atoms with Crippen LogP contribution in [0.5, 0.6) is 0 Å². The van der Waals surface area contributed by atoms with E-state index >= 15 is 0 Å². The van der Waals surface area contributed by atoms with E-state index in [0.717, 1.165) is 51.9 Å². The molecule has 0 aromatic rings. The molecule has 2 fully saturated rings. The van der Waals surface area contributed by atoms with Gasteiger partial charge in [0, 0.05) is 38.8 Å². The Morgan fingerprint density at radius 1 is 1.25 bits per heavy atom. The van der Waals surface area contributed by atoms with Crippen molar-refractivity contribution in [2.45, 2.75) is 38.1 Å². The topological polar surface area (TPSA) is 61.6 Å². The molecule has 3 N–H and O–H groups in total. The van der Waals surface area contributed by atoms with Crippen LogP contribution in [-0.4, -0.2) is 68.6 Å². The van der Waals surface area contributed by atoms with Crippen LogP contribution < -0.4 is 11.1 Å². The summed E-state index contributed by atoms with van der Waals surface area (Å²) in [5.74, 6) is 0.182. The Bertz CT molecular complexity index is 328. The van der Waals surface area contributed by atoms with Gasteiger partial charge in [-0.2, -0.15) is 0 Å². The molecule has 116 valence electrons. The average molecular weight is 282 g/mol. The predicted octanol–water partition coefficient (Wildman–Crippen LogP) is 0.258. The van der Waals surface area contributed by atoms with Gasteiger partial charge >= 0.3 is 0 Å². The Labute approximate surface area is 122 Å². The normalized spacial score (nSPS) is 28.2. The lowest BCUT2D eigenvalue weighted by molar-refractivity contribution is -0.132. The standard InChI is InChI=1S/C15H30N4O/c1-18-8-9-19(2)13(11-18)10-17-14(20)15(12-16)6-4-3-5-7-15/h13H,3-12,16H2,1-2H3,(H,17,20). The molecule has 0 spiro atoms. The van der Waals surface area contributed by atoms with Crippen LogP contribution in [0.15, 0.2) is 0 Å². The minimum absolute atomic E-state index is 0.182. The fourth-order valence-electron chi connectivity index (χ4n) is 3.47. The first-order valence-corrected chi connectivity index (χ1v) is 7.94. The molecule has 5 heteroatoms. The summed E-state index contributed by atoms with van der Waals surface area (Å²) in [6, 6.07) is 0.413. The van der Waals surface area contributed by atoms with Gasteiger partial charge in [-0.05, 0) is 26.9 Å². The highest BCUT2D eigenvalue weighted by molar-refractivity contribution is 5.83. The molecule has 0 bridgehead atoms. The van der Waals surface area contributed by atoms with Gasteiger partial charge in [-0.15, -0.1) is 0 Å². The van der Waals surface area contributed by atoms with Crippen LogP contribution in [0.1, 0.15) is 32.1 Å². The van der Waals surface area contributed by atoms with Crippen molar-refractivity contribution in [2.24, 2.45) is 11.1 Å². The molecule has 1 saturated heterocycles. The molecule has 2 rings (SSSR count). The summed E-state index contributed by atoms with van der Waals surface area (Å²) in [7, 11) is 4.29. The maximum absolute atomic E-state index is 12.6. The first kappa shape index (κ1) is 15.7. The van der Waals surface area contributed by atoms with E-state index in [9.17, 15) is 4.79 Å². The Morgan fingerprint density at radius 3 is 2.60 bits per heavy atom. The van der Waals surface area contributed by atoms with Crippen LogP contribution in [0, 0.1) is 5.41 Å². The Morgan fingerprint density at radius 2 is 1.95 bits per heavy atom. The van der Waals surface area contributed by atoms with Crippen molar-refractivity contribution >= 4 is 5.91 Å². The molecule has 0 aromatic heterocycles. The average Bonchev–Trinajstić information content (AvgIpc) is 2.48. The van der Waals surface area contributed by atoms with Gasteiger partial charge in [0.25, 0.3) is 0 Å². The van der Waals surface area contributed by atoms with E-state index in [1.165, 1.54) is 6.42 Å². The number of nitrogens with two attached hydrogens (primary N) is 1. The molecule has 1 aliphatic heterocycles. The zero-order valence-electron chi connectivity index (χ0n) is 13.0. The van der Waals surface area contributed by atoms with Crippen molar-refractivity contribution < 1.29 is 4.79 Å². The minimum Gasteiger partial charge on any atom is -0.354 e. The molecule has 1 unspecified atom stereocenters. The largest absolute Gasteiger partial charge is 0.354 e. The summed E-state index contributed by atoms with van der Waals surface area (Å²) in [6.07, 6.45) is 5.42. The number of hydrogen-bond donors (Lipinski definition) is 2. The zero-order chi connectivity index (χ0) is 14.6. The lowest BCUT2D eigenvalue weighted by Gasteiger charge is -2.39. The molecule has 2 aliphatic rings. The summed E-state index contributed by atoms with van der Waals surface area (Å²) >= 11 is 0. The number of carbonyl (C=O) groups is 1. The number of carbonyl (C=O) groups excluding carboxylic acids is 1. The molecule has 0 aromatic carbocycles. The van der Waals surface area contributed by atoms with Crippen molar-refractivity contribution in [1.82, 2.24) is 15.1 Å². The smallest absolute Gasteiger partial charge is 0.227 e. The van der Waals surface area contributed by atoms with Gasteiger partial charge in [0.15, 0.2) is 0 Å². The Balaban J connectivity index is 1.87. The molecule has 1 atom stereocenters. The van der Waals surface area contributed by atoms with Crippen LogP contribution in [0.4, 0.5) is 0 Å². The van der Waals surface area contributed by atoms with E-state index in [2.05, 4.69) is 29.2 Å². The van der Waals surface area contributed by atoms with E-state index in [4.69, 9.17) is 5.73 Å². The second-order valence-electron chi connectivity index (χ2n) is 6.65. The van der Waals surface area contributed by atoms with Gasteiger partial charge in [-0.25, -0.2) is 0 Å². The second-order valence-corrected chi connectivity index (χ2v) is 6.65. The van der Waals surface area contributed by atoms with Gasteiger partial charge in [-0.1, -0.05) is 19.3 Å². The number of nitrogens with one attached hydrogen (secondary N) is 1. The van der Waals surface area contributed by atoms with Crippen LogP contribution in [0.25, 0.3) is 0 Å². The third-order valence-corrected chi connectivity index (χ3v) is 5.16. The van der Waals surface area contributed by atoms with E-state index in [-0.39, 0.29) is 11.3 Å². The molecular formula is C15H30N4O. The van der Waals surface area contributed by atoms with Crippen LogP contribution >= 0.6 is 0 Å². The molecule has 1 aliphatic carbocycles. The van der Waals surface area contributed by atoms with Crippen molar-refractivity contribution in [1.29, 1.82) is 0 Å². The fraction of sp³-hybridized carbons (Fsp3) is 0.933. The van der Waals surface area contributed by atoms with Crippen molar-refractivity contribution in [2.75, 3.05) is 46.8 Å². The van der Waals surface area contributed by atoms with Gasteiger partial charge in [-0.3, -0.25) is 9.69 Å².